The van der Waals surface area contributed by atoms with Gasteiger partial charge < -0.3 is 70.1 Å². The van der Waals surface area contributed by atoms with Crippen molar-refractivity contribution in [2.45, 2.75) is 153 Å². The molecule has 0 amide bonds. The van der Waals surface area contributed by atoms with E-state index in [4.69, 9.17) is 65.4 Å². The number of aromatic hydroxyl groups is 2. The molecule has 24 nitrogen and oxygen atoms in total. The number of allylic oxidation sites excluding steroid dienone is 4. The predicted octanol–water partition coefficient (Wildman–Crippen LogP) is 6.96. The van der Waals surface area contributed by atoms with Crippen LogP contribution in [0.1, 0.15) is 171 Å². The van der Waals surface area contributed by atoms with Crippen LogP contribution in [0.3, 0.4) is 0 Å². The molecule has 12 N–H and O–H groups in total. The molecule has 0 aliphatic rings. The Balaban J connectivity index is -0.000000532. The van der Waals surface area contributed by atoms with Crippen LogP contribution >= 0.6 is 0 Å². The van der Waals surface area contributed by atoms with E-state index >= 15 is 0 Å². The number of benzene rings is 5. The zero-order valence-corrected chi connectivity index (χ0v) is 55.7. The Morgan fingerprint density at radius 3 is 1.14 bits per heavy atom. The number of aryl methyl sites for hydroxylation is 1. The van der Waals surface area contributed by atoms with Gasteiger partial charge in [-0.3, -0.25) is 33.6 Å². The molecule has 5 aromatic rings. The fourth-order valence-corrected chi connectivity index (χ4v) is 7.13. The first-order valence-electron chi connectivity index (χ1n) is 30.3. The molecule has 0 spiro atoms. The van der Waals surface area contributed by atoms with Crippen LogP contribution < -0.4 is 0 Å². The molecule has 5 aromatic carbocycles. The van der Waals surface area contributed by atoms with E-state index < -0.39 is 7.01 Å². The van der Waals surface area contributed by atoms with Crippen LogP contribution in [0.4, 0.5) is 0 Å². The quantitative estimate of drug-likeness (QED) is 0.00956. The number of rotatable bonds is 30. The third kappa shape index (κ3) is 47.7. The van der Waals surface area contributed by atoms with E-state index in [1.807, 2.05) is 18.2 Å². The average molecular weight is 1370 g/mol. The van der Waals surface area contributed by atoms with E-state index in [1.54, 1.807) is 80.6 Å². The second-order valence-electron chi connectivity index (χ2n) is 20.0. The fraction of sp³-hybridized carbons (Fsp3) is 0.347. The number of ketones is 5. The summed E-state index contributed by atoms with van der Waals surface area (Å²) in [6, 6.07) is 25.3. The molecule has 0 bridgehead atoms. The van der Waals surface area contributed by atoms with Gasteiger partial charge in [-0.2, -0.15) is 0 Å². The molecule has 0 unspecified atom stereocenters. The Morgan fingerprint density at radius 2 is 0.796 bits per heavy atom. The molecule has 98 heavy (non-hydrogen) atoms. The molecule has 534 valence electrons. The number of aliphatic hydroxyl groups excluding tert-OH is 8. The molecular weight excluding hydrogens is 1270 g/mol. The SMILES string of the molecule is C.C=CC(C)=O.CC(=O)CCC(=O)/C=C/c1ccc(CO)c(CO)c1.CCCc1ccc(CO)c(CO)c1.CCOC(=O)CCC(=O)/C=C/c1ccc(O)c(CO)c1.CCOC(=O)CCC(C)=O.O=BB(O)O.O=C/C=C/c1ccc(CO)c(CO)c1.O=Cc1ccc(O)c(CO)c1. The Kier molecular flexibility index (Phi) is 58.5. The number of hydrogen-bond donors (Lipinski definition) is 12. The van der Waals surface area contributed by atoms with Gasteiger partial charge in [0.1, 0.15) is 35.6 Å². The molecule has 0 saturated carbocycles. The number of aliphatic hydroxyl groups is 8. The molecule has 26 heteroatoms. The summed E-state index contributed by atoms with van der Waals surface area (Å²) < 4.78 is 18.3. The maximum absolute atomic E-state index is 11.6. The number of carbonyl (C=O) groups excluding carboxylic acids is 9. The average Bonchev–Trinajstić information content (AvgIpc) is 0.921. The molecule has 0 aliphatic heterocycles. The first-order valence-corrected chi connectivity index (χ1v) is 30.3. The number of carbonyl (C=O) groups is 9. The Morgan fingerprint density at radius 1 is 0.469 bits per heavy atom. The van der Waals surface area contributed by atoms with Crippen molar-refractivity contribution in [1.29, 1.82) is 0 Å². The third-order valence-electron chi connectivity index (χ3n) is 12.3. The minimum atomic E-state index is -1.80. The van der Waals surface area contributed by atoms with Gasteiger partial charge in [-0.15, -0.1) is 0 Å². The number of esters is 2. The van der Waals surface area contributed by atoms with Gasteiger partial charge in [-0.1, -0.05) is 94.1 Å². The van der Waals surface area contributed by atoms with E-state index in [2.05, 4.69) is 18.2 Å². The van der Waals surface area contributed by atoms with Crippen molar-refractivity contribution in [3.05, 3.63) is 194 Å². The van der Waals surface area contributed by atoms with Gasteiger partial charge in [-0.25, -0.2) is 0 Å². The Hall–Kier alpha value is -9.18. The van der Waals surface area contributed by atoms with E-state index in [0.29, 0.717) is 76.7 Å². The zero-order valence-electron chi connectivity index (χ0n) is 55.7. The summed E-state index contributed by atoms with van der Waals surface area (Å²) in [5, 5.41) is 105. The topological polar surface area (TPSA) is 432 Å². The van der Waals surface area contributed by atoms with Crippen LogP contribution in [0.15, 0.2) is 122 Å². The Bertz CT molecular complexity index is 3300. The van der Waals surface area contributed by atoms with Gasteiger partial charge in [0.15, 0.2) is 17.3 Å². The first-order chi connectivity index (χ1) is 46.2. The monoisotopic (exact) mass is 1370 g/mol. The normalized spacial score (nSPS) is 9.84. The van der Waals surface area contributed by atoms with E-state index in [-0.39, 0.29) is 152 Å². The summed E-state index contributed by atoms with van der Waals surface area (Å²) >= 11 is 0. The maximum Gasteiger partial charge on any atom is 0.150 e. The van der Waals surface area contributed by atoms with E-state index in [9.17, 15) is 48.3 Å². The van der Waals surface area contributed by atoms with Crippen molar-refractivity contribution >= 4 is 85.7 Å². The number of ether oxygens (including phenoxy) is 2. The number of phenols is 2. The molecule has 0 atom stereocenters. The summed E-state index contributed by atoms with van der Waals surface area (Å²) in [7, 11) is -1.77. The van der Waals surface area contributed by atoms with Gasteiger partial charge in [0.05, 0.1) is 78.9 Å². The van der Waals surface area contributed by atoms with Gasteiger partial charge in [0.2, 0.25) is 0 Å². The van der Waals surface area contributed by atoms with E-state index in [0.717, 1.165) is 35.1 Å². The van der Waals surface area contributed by atoms with Crippen LogP contribution in [0.5, 0.6) is 11.5 Å². The summed E-state index contributed by atoms with van der Waals surface area (Å²) in [6.45, 7) is 12.9. The number of hydrogen-bond acceptors (Lipinski definition) is 24. The van der Waals surface area contributed by atoms with Gasteiger partial charge in [0, 0.05) is 42.4 Å². The number of aldehydes is 2. The molecule has 5 rings (SSSR count). The van der Waals surface area contributed by atoms with Crippen molar-refractivity contribution in [3.8, 4) is 11.5 Å². The van der Waals surface area contributed by atoms with Crippen molar-refractivity contribution in [2.75, 3.05) is 13.2 Å². The maximum atomic E-state index is 11.6. The van der Waals surface area contributed by atoms with Crippen LogP contribution in [-0.4, -0.2) is 142 Å². The number of Topliss-reactive ketones (excluding diaryl/α,β-unsaturated/α-hetero) is 2. The second kappa shape index (κ2) is 60.2. The summed E-state index contributed by atoms with van der Waals surface area (Å²) in [5.41, 5.74) is 9.10. The summed E-state index contributed by atoms with van der Waals surface area (Å²) in [6.07, 6.45) is 14.9. The molecular formula is C72H96B2O24. The molecule has 0 saturated heterocycles. The standard InChI is InChI=1S/C15H18O5.C15H18O4.C11H12O3.C11H16O2.C8H8O3.C7H12O3.C4H6O.CH4.B2H2O3/c1-2-20-15(19)8-6-13(17)5-3-11-4-7-14(18)12(9-11)10-16;1-11(18)2-6-15(19)7-4-12-3-5-13(9-16)14(8-12)10-17;12-5-1-2-9-3-4-10(7-13)11(6-9)8-14;1-2-3-9-4-5-10(7-12)11(6-9)8-13;9-4-6-1-2-8(11)7(3-6)5-10;1-3-10-7(9)5-4-6(2)8;1-3-4(2)5;;3-1-2(4)5/h3-5,7,9,16,18H,2,6,8,10H2,1H3;3-5,7-8,16-17H,2,6,9-10H2,1H3;1-6,13-14H,7-8H2;4-6,12-13H,2-3,7-8H2,1H3;1-4,10-11H,5H2;3-5H2,1-2H3;3H,1H2,2H3;1H4;4-5H/b5-3+;7-4+;2-1+;;;;;;. The Labute approximate surface area is 574 Å². The van der Waals surface area contributed by atoms with Gasteiger partial charge >= 0.3 is 40.7 Å². The van der Waals surface area contributed by atoms with Crippen molar-refractivity contribution < 1.29 is 118 Å². The van der Waals surface area contributed by atoms with Crippen LogP contribution in [-0.2, 0) is 112 Å². The third-order valence-corrected chi connectivity index (χ3v) is 12.3. The summed E-state index contributed by atoms with van der Waals surface area (Å²) in [4.78, 5) is 95.8. The van der Waals surface area contributed by atoms with Gasteiger partial charge in [0.25, 0.3) is 0 Å². The van der Waals surface area contributed by atoms with Crippen molar-refractivity contribution in [1.82, 2.24) is 0 Å². The second-order valence-corrected chi connectivity index (χ2v) is 20.0. The minimum absolute atomic E-state index is 0. The summed E-state index contributed by atoms with van der Waals surface area (Å²) in [5.74, 6) is -0.908. The molecule has 0 aromatic heterocycles. The van der Waals surface area contributed by atoms with Crippen molar-refractivity contribution in [3.63, 3.8) is 0 Å². The van der Waals surface area contributed by atoms with Crippen LogP contribution in [0.25, 0.3) is 18.2 Å². The zero-order chi connectivity index (χ0) is 74.1. The largest absolute Gasteiger partial charge is 0.508 e. The molecule has 0 radical (unpaired) electrons. The minimum Gasteiger partial charge on any atom is -0.508 e. The molecule has 0 heterocycles. The molecule has 0 aliphatic carbocycles. The van der Waals surface area contributed by atoms with Crippen LogP contribution in [0, 0.1) is 0 Å². The van der Waals surface area contributed by atoms with E-state index in [1.165, 1.54) is 74.9 Å². The predicted molar refractivity (Wildman–Crippen MR) is 372 cm³/mol. The van der Waals surface area contributed by atoms with Gasteiger partial charge in [-0.05, 0) is 163 Å². The van der Waals surface area contributed by atoms with Crippen LogP contribution in [0.2, 0.25) is 0 Å². The smallest absolute Gasteiger partial charge is 0.150 e. The molecule has 0 fully saturated rings. The van der Waals surface area contributed by atoms with Crippen molar-refractivity contribution in [2.24, 2.45) is 0 Å². The first kappa shape index (κ1) is 95.2. The fourth-order valence-electron chi connectivity index (χ4n) is 7.13.